The van der Waals surface area contributed by atoms with E-state index in [-0.39, 0.29) is 25.7 Å². The van der Waals surface area contributed by atoms with Crippen molar-refractivity contribution in [2.45, 2.75) is 343 Å². The number of hydrogen-bond acceptors (Lipinski definition) is 15. The summed E-state index contributed by atoms with van der Waals surface area (Å²) in [6, 6.07) is 0. The lowest BCUT2D eigenvalue weighted by Crippen LogP contribution is -2.30. The lowest BCUT2D eigenvalue weighted by molar-refractivity contribution is -0.161. The monoisotopic (exact) mass is 1250 g/mol. The van der Waals surface area contributed by atoms with E-state index in [1.165, 1.54) is 135 Å². The van der Waals surface area contributed by atoms with E-state index in [4.69, 9.17) is 37.0 Å². The summed E-state index contributed by atoms with van der Waals surface area (Å²) in [5.41, 5.74) is 0. The van der Waals surface area contributed by atoms with Crippen LogP contribution in [0.3, 0.4) is 0 Å². The average Bonchev–Trinajstić information content (AvgIpc) is 3.64. The van der Waals surface area contributed by atoms with Crippen LogP contribution >= 0.6 is 15.6 Å². The topological polar surface area (TPSA) is 237 Å². The van der Waals surface area contributed by atoms with Gasteiger partial charge in [-0.3, -0.25) is 37.3 Å². The molecule has 504 valence electrons. The van der Waals surface area contributed by atoms with Crippen LogP contribution < -0.4 is 0 Å². The smallest absolute Gasteiger partial charge is 0.462 e. The molecule has 0 aliphatic carbocycles. The van der Waals surface area contributed by atoms with Crippen LogP contribution in [0.15, 0.2) is 0 Å². The molecule has 6 atom stereocenters. The van der Waals surface area contributed by atoms with Gasteiger partial charge in [0.25, 0.3) is 0 Å². The van der Waals surface area contributed by atoms with Gasteiger partial charge in [0.15, 0.2) is 12.2 Å². The van der Waals surface area contributed by atoms with E-state index in [0.717, 1.165) is 108 Å². The lowest BCUT2D eigenvalue weighted by atomic mass is 10.00. The number of unbranched alkanes of at least 4 members (excludes halogenated alkanes) is 31. The predicted molar refractivity (Wildman–Crippen MR) is 340 cm³/mol. The fourth-order valence-electron chi connectivity index (χ4n) is 9.80. The molecule has 0 spiro atoms. The number of ether oxygens (including phenoxy) is 4. The fraction of sp³-hybridized carbons (Fsp3) is 0.939. The number of carbonyl (C=O) groups excluding carboxylic acids is 4. The zero-order valence-electron chi connectivity index (χ0n) is 55.1. The third-order valence-electron chi connectivity index (χ3n) is 15.5. The maximum absolute atomic E-state index is 13.0. The van der Waals surface area contributed by atoms with E-state index in [0.29, 0.717) is 25.7 Å². The molecule has 19 heteroatoms. The molecule has 0 bridgehead atoms. The molecular formula is C66H128O17P2. The first-order chi connectivity index (χ1) is 40.8. The normalized spacial score (nSPS) is 14.6. The van der Waals surface area contributed by atoms with E-state index in [1.54, 1.807) is 0 Å². The highest BCUT2D eigenvalue weighted by molar-refractivity contribution is 7.47. The van der Waals surface area contributed by atoms with Gasteiger partial charge in [0, 0.05) is 25.7 Å². The van der Waals surface area contributed by atoms with Crippen LogP contribution in [0.2, 0.25) is 0 Å². The van der Waals surface area contributed by atoms with Gasteiger partial charge in [-0.1, -0.05) is 273 Å². The molecular weight excluding hydrogens is 1130 g/mol. The van der Waals surface area contributed by atoms with Crippen LogP contribution in [0.4, 0.5) is 0 Å². The van der Waals surface area contributed by atoms with Crippen LogP contribution in [0.1, 0.15) is 325 Å². The zero-order chi connectivity index (χ0) is 63.1. The molecule has 0 saturated carbocycles. The van der Waals surface area contributed by atoms with E-state index < -0.39 is 97.5 Å². The van der Waals surface area contributed by atoms with Crippen molar-refractivity contribution in [1.82, 2.24) is 0 Å². The summed E-state index contributed by atoms with van der Waals surface area (Å²) in [5.74, 6) is 0.0811. The van der Waals surface area contributed by atoms with Gasteiger partial charge >= 0.3 is 39.5 Å². The largest absolute Gasteiger partial charge is 0.472 e. The van der Waals surface area contributed by atoms with Gasteiger partial charge in [-0.15, -0.1) is 0 Å². The van der Waals surface area contributed by atoms with Gasteiger partial charge in [-0.25, -0.2) is 9.13 Å². The number of esters is 4. The minimum Gasteiger partial charge on any atom is -0.462 e. The van der Waals surface area contributed by atoms with Crippen molar-refractivity contribution in [1.29, 1.82) is 0 Å². The van der Waals surface area contributed by atoms with E-state index in [1.807, 2.05) is 0 Å². The number of phosphoric acid groups is 2. The predicted octanol–water partition coefficient (Wildman–Crippen LogP) is 18.3. The third kappa shape index (κ3) is 59.5. The Morgan fingerprint density at radius 1 is 0.341 bits per heavy atom. The van der Waals surface area contributed by atoms with Crippen molar-refractivity contribution in [2.24, 2.45) is 17.8 Å². The van der Waals surface area contributed by atoms with Gasteiger partial charge in [-0.05, 0) is 43.4 Å². The van der Waals surface area contributed by atoms with E-state index >= 15 is 0 Å². The SMILES string of the molecule is CCCCCCCCCCCCC(=O)OC[C@H](COP(=O)(O)OC[C@H](O)COP(=O)(O)OC[C@@H](COC(=O)CCCCCCCCCCCC(C)C)OC(=O)CCCCCCCCCCCCC(C)C)OC(=O)CCCCCCCCC(C)CC. The molecule has 0 saturated heterocycles. The minimum atomic E-state index is -4.95. The quantitative estimate of drug-likeness (QED) is 0.0222. The van der Waals surface area contributed by atoms with Gasteiger partial charge < -0.3 is 33.8 Å². The molecule has 3 N–H and O–H groups in total. The minimum absolute atomic E-state index is 0.103. The molecule has 17 nitrogen and oxygen atoms in total. The highest BCUT2D eigenvalue weighted by Gasteiger charge is 2.30. The molecule has 0 aromatic rings. The Labute approximate surface area is 517 Å². The summed E-state index contributed by atoms with van der Waals surface area (Å²) in [4.78, 5) is 72.3. The van der Waals surface area contributed by atoms with Crippen molar-refractivity contribution >= 4 is 39.5 Å². The van der Waals surface area contributed by atoms with Crippen molar-refractivity contribution in [3.63, 3.8) is 0 Å². The Morgan fingerprint density at radius 2 is 0.600 bits per heavy atom. The highest BCUT2D eigenvalue weighted by atomic mass is 31.2. The van der Waals surface area contributed by atoms with Gasteiger partial charge in [0.2, 0.25) is 0 Å². The Morgan fingerprint density at radius 3 is 0.894 bits per heavy atom. The van der Waals surface area contributed by atoms with E-state index in [9.17, 15) is 43.2 Å². The van der Waals surface area contributed by atoms with Crippen molar-refractivity contribution in [3.05, 3.63) is 0 Å². The Bertz CT molecular complexity index is 1680. The summed E-state index contributed by atoms with van der Waals surface area (Å²) < 4.78 is 68.1. The number of hydrogen-bond donors (Lipinski definition) is 3. The summed E-state index contributed by atoms with van der Waals surface area (Å²) >= 11 is 0. The highest BCUT2D eigenvalue weighted by Crippen LogP contribution is 2.45. The Balaban J connectivity index is 5.26. The average molecular weight is 1260 g/mol. The van der Waals surface area contributed by atoms with Crippen molar-refractivity contribution in [2.75, 3.05) is 39.6 Å². The van der Waals surface area contributed by atoms with Crippen molar-refractivity contribution < 1.29 is 80.2 Å². The summed E-state index contributed by atoms with van der Waals surface area (Å²) in [7, 11) is -9.89. The Hall–Kier alpha value is -1.94. The molecule has 0 radical (unpaired) electrons. The number of carbonyl (C=O) groups is 4. The Kier molecular flexibility index (Phi) is 55.9. The van der Waals surface area contributed by atoms with Crippen LogP contribution in [0, 0.1) is 17.8 Å². The third-order valence-corrected chi connectivity index (χ3v) is 17.4. The lowest BCUT2D eigenvalue weighted by Gasteiger charge is -2.21. The molecule has 0 rings (SSSR count). The number of aliphatic hydroxyl groups excluding tert-OH is 1. The van der Waals surface area contributed by atoms with Crippen LogP contribution in [0.5, 0.6) is 0 Å². The molecule has 0 aliphatic heterocycles. The molecule has 0 aromatic carbocycles. The second-order valence-electron chi connectivity index (χ2n) is 25.1. The standard InChI is InChI=1S/C66H128O17P2/c1-8-10-11-12-13-14-20-25-33-40-47-63(68)77-54-62(83-66(71)50-43-36-29-28-32-39-46-59(7)9-2)56-81-85(74,75)79-52-60(67)51-78-84(72,73)80-55-61(53-76-64(69)48-41-34-26-22-17-19-24-31-38-45-58(5)6)82-65(70)49-42-35-27-21-16-15-18-23-30-37-44-57(3)4/h57-62,67H,8-56H2,1-7H3,(H,72,73)(H,74,75)/t59?,60-,61-,62-/m1/s1. The first kappa shape index (κ1) is 83.1. The zero-order valence-corrected chi connectivity index (χ0v) is 56.9. The number of rotatable bonds is 64. The van der Waals surface area contributed by atoms with E-state index in [2.05, 4.69) is 48.5 Å². The van der Waals surface area contributed by atoms with Crippen molar-refractivity contribution in [3.8, 4) is 0 Å². The summed E-state index contributed by atoms with van der Waals surface area (Å²) in [6.45, 7) is 11.7. The number of phosphoric ester groups is 2. The molecule has 85 heavy (non-hydrogen) atoms. The second-order valence-corrected chi connectivity index (χ2v) is 28.0. The molecule has 0 aromatic heterocycles. The molecule has 3 unspecified atom stereocenters. The second kappa shape index (κ2) is 57.2. The summed E-state index contributed by atoms with van der Waals surface area (Å²) in [5, 5.41) is 10.6. The first-order valence-corrected chi connectivity index (χ1v) is 37.4. The molecule has 0 heterocycles. The first-order valence-electron chi connectivity index (χ1n) is 34.4. The van der Waals surface area contributed by atoms with Gasteiger partial charge in [0.05, 0.1) is 26.4 Å². The van der Waals surface area contributed by atoms with Crippen LogP contribution in [-0.4, -0.2) is 96.7 Å². The molecule has 0 aliphatic rings. The van der Waals surface area contributed by atoms with Crippen LogP contribution in [0.25, 0.3) is 0 Å². The summed E-state index contributed by atoms with van der Waals surface area (Å²) in [6.07, 6.45) is 38.9. The maximum Gasteiger partial charge on any atom is 0.472 e. The number of aliphatic hydroxyl groups is 1. The maximum atomic E-state index is 13.0. The fourth-order valence-corrected chi connectivity index (χ4v) is 11.4. The van der Waals surface area contributed by atoms with Gasteiger partial charge in [-0.2, -0.15) is 0 Å². The van der Waals surface area contributed by atoms with Gasteiger partial charge in [0.1, 0.15) is 19.3 Å². The molecule has 0 fully saturated rings. The van der Waals surface area contributed by atoms with Crippen LogP contribution in [-0.2, 0) is 65.4 Å². The molecule has 0 amide bonds.